The topological polar surface area (TPSA) is 90.0 Å². The third-order valence-electron chi connectivity index (χ3n) is 3.12. The number of hydrogen-bond acceptors (Lipinski definition) is 5. The zero-order valence-electron chi connectivity index (χ0n) is 13.0. The van der Waals surface area contributed by atoms with Crippen molar-refractivity contribution >= 4 is 16.9 Å². The Morgan fingerprint density at radius 2 is 1.74 bits per heavy atom. The molecule has 23 heavy (non-hydrogen) atoms. The Hall–Kier alpha value is -2.09. The molecule has 1 aromatic heterocycles. The second-order valence-electron chi connectivity index (χ2n) is 4.80. The van der Waals surface area contributed by atoms with Gasteiger partial charge in [-0.2, -0.15) is 0 Å². The summed E-state index contributed by atoms with van der Waals surface area (Å²) in [6.45, 7) is 3.04. The number of aromatic nitrogens is 1. The number of carboxylic acids is 1. The summed E-state index contributed by atoms with van der Waals surface area (Å²) < 4.78 is 21.1. The number of rotatable bonds is 11. The fraction of sp³-hybridized carbons (Fsp3) is 0.438. The zero-order valence-corrected chi connectivity index (χ0v) is 13.0. The molecule has 7 heteroatoms. The molecule has 0 aliphatic rings. The first kappa shape index (κ1) is 17.3. The zero-order chi connectivity index (χ0) is 16.5. The summed E-state index contributed by atoms with van der Waals surface area (Å²) in [4.78, 5) is 13.7. The van der Waals surface area contributed by atoms with E-state index in [4.69, 9.17) is 24.1 Å². The van der Waals surface area contributed by atoms with E-state index in [1.165, 1.54) is 0 Å². The van der Waals surface area contributed by atoms with Crippen molar-refractivity contribution in [2.75, 3.05) is 46.8 Å². The van der Waals surface area contributed by atoms with Gasteiger partial charge in [0.2, 0.25) is 0 Å². The van der Waals surface area contributed by atoms with Crippen molar-refractivity contribution in [3.63, 3.8) is 0 Å². The number of aromatic amines is 1. The van der Waals surface area contributed by atoms with E-state index >= 15 is 0 Å². The van der Waals surface area contributed by atoms with Gasteiger partial charge in [-0.1, -0.05) is 0 Å². The molecule has 0 atom stereocenters. The van der Waals surface area contributed by atoms with Crippen LogP contribution >= 0.6 is 0 Å². The second kappa shape index (κ2) is 9.14. The summed E-state index contributed by atoms with van der Waals surface area (Å²) >= 11 is 0. The van der Waals surface area contributed by atoms with Crippen LogP contribution in [0, 0.1) is 0 Å². The summed E-state index contributed by atoms with van der Waals surface area (Å²) in [5, 5.41) is 9.75. The maximum absolute atomic E-state index is 10.9. The van der Waals surface area contributed by atoms with E-state index in [9.17, 15) is 4.79 Å². The molecule has 1 heterocycles. The SMILES string of the molecule is COCCOCCOCCOc1ccc2[nH]c(C(=O)O)cc2c1. The lowest BCUT2D eigenvalue weighted by molar-refractivity contribution is 0.0180. The molecule has 2 rings (SSSR count). The van der Waals surface area contributed by atoms with Crippen molar-refractivity contribution in [2.24, 2.45) is 0 Å². The summed E-state index contributed by atoms with van der Waals surface area (Å²) in [5.74, 6) is -0.307. The van der Waals surface area contributed by atoms with Crippen molar-refractivity contribution in [3.05, 3.63) is 30.0 Å². The first-order valence-corrected chi connectivity index (χ1v) is 7.34. The van der Waals surface area contributed by atoms with Crippen LogP contribution in [0.4, 0.5) is 0 Å². The van der Waals surface area contributed by atoms with Crippen LogP contribution in [-0.4, -0.2) is 62.8 Å². The van der Waals surface area contributed by atoms with Crippen molar-refractivity contribution in [3.8, 4) is 5.75 Å². The van der Waals surface area contributed by atoms with Crippen LogP contribution in [0.1, 0.15) is 10.5 Å². The summed E-state index contributed by atoms with van der Waals surface area (Å²) in [7, 11) is 1.63. The fourth-order valence-electron chi connectivity index (χ4n) is 2.00. The smallest absolute Gasteiger partial charge is 0.352 e. The van der Waals surface area contributed by atoms with Gasteiger partial charge in [0.15, 0.2) is 0 Å². The Balaban J connectivity index is 1.68. The van der Waals surface area contributed by atoms with E-state index in [0.29, 0.717) is 45.4 Å². The van der Waals surface area contributed by atoms with E-state index in [1.807, 2.05) is 0 Å². The Labute approximate surface area is 134 Å². The maximum Gasteiger partial charge on any atom is 0.352 e. The van der Waals surface area contributed by atoms with Crippen LogP contribution in [0.25, 0.3) is 10.9 Å². The highest BCUT2D eigenvalue weighted by Crippen LogP contribution is 2.21. The molecule has 0 aliphatic carbocycles. The van der Waals surface area contributed by atoms with Gasteiger partial charge in [0.1, 0.15) is 18.1 Å². The third kappa shape index (κ3) is 5.55. The average molecular weight is 323 g/mol. The number of ether oxygens (including phenoxy) is 4. The molecule has 7 nitrogen and oxygen atoms in total. The van der Waals surface area contributed by atoms with E-state index < -0.39 is 5.97 Å². The number of carboxylic acid groups (broad SMARTS) is 1. The predicted octanol–water partition coefficient (Wildman–Crippen LogP) is 1.92. The van der Waals surface area contributed by atoms with Crippen LogP contribution in [0.2, 0.25) is 0 Å². The summed E-state index contributed by atoms with van der Waals surface area (Å²) in [6, 6.07) is 6.96. The number of benzene rings is 1. The standard InChI is InChI=1S/C16H21NO6/c1-20-4-5-21-6-7-22-8-9-23-13-2-3-14-12(10-13)11-15(17-14)16(18)19/h2-3,10-11,17H,4-9H2,1H3,(H,18,19). The highest BCUT2D eigenvalue weighted by atomic mass is 16.6. The number of fused-ring (bicyclic) bond motifs is 1. The molecule has 0 saturated heterocycles. The summed E-state index contributed by atoms with van der Waals surface area (Å²) in [5.41, 5.74) is 0.924. The average Bonchev–Trinajstić information content (AvgIpc) is 2.97. The van der Waals surface area contributed by atoms with Gasteiger partial charge >= 0.3 is 5.97 Å². The first-order valence-electron chi connectivity index (χ1n) is 7.34. The van der Waals surface area contributed by atoms with Crippen molar-refractivity contribution in [1.82, 2.24) is 4.98 Å². The first-order chi connectivity index (χ1) is 11.2. The van der Waals surface area contributed by atoms with Gasteiger partial charge in [-0.3, -0.25) is 0 Å². The van der Waals surface area contributed by atoms with E-state index in [0.717, 1.165) is 10.9 Å². The van der Waals surface area contributed by atoms with Crippen molar-refractivity contribution in [2.45, 2.75) is 0 Å². The number of methoxy groups -OCH3 is 1. The van der Waals surface area contributed by atoms with Crippen LogP contribution in [0.5, 0.6) is 5.75 Å². The second-order valence-corrected chi connectivity index (χ2v) is 4.80. The van der Waals surface area contributed by atoms with Gasteiger partial charge in [0.25, 0.3) is 0 Å². The number of hydrogen-bond donors (Lipinski definition) is 2. The minimum absolute atomic E-state index is 0.161. The normalized spacial score (nSPS) is 11.0. The number of nitrogens with one attached hydrogen (secondary N) is 1. The van der Waals surface area contributed by atoms with Crippen LogP contribution in [0.3, 0.4) is 0 Å². The highest BCUT2D eigenvalue weighted by molar-refractivity contribution is 5.94. The number of aromatic carboxylic acids is 1. The predicted molar refractivity (Wildman–Crippen MR) is 84.3 cm³/mol. The Morgan fingerprint density at radius 3 is 2.43 bits per heavy atom. The van der Waals surface area contributed by atoms with Gasteiger partial charge in [-0.15, -0.1) is 0 Å². The van der Waals surface area contributed by atoms with Crippen LogP contribution < -0.4 is 4.74 Å². The van der Waals surface area contributed by atoms with Gasteiger partial charge < -0.3 is 29.0 Å². The van der Waals surface area contributed by atoms with Crippen LogP contribution in [0.15, 0.2) is 24.3 Å². The van der Waals surface area contributed by atoms with Gasteiger partial charge in [0.05, 0.1) is 33.0 Å². The fourth-order valence-corrected chi connectivity index (χ4v) is 2.00. The number of carbonyl (C=O) groups is 1. The quantitative estimate of drug-likeness (QED) is 0.614. The largest absolute Gasteiger partial charge is 0.491 e. The van der Waals surface area contributed by atoms with Crippen LogP contribution in [-0.2, 0) is 14.2 Å². The van der Waals surface area contributed by atoms with Gasteiger partial charge in [-0.25, -0.2) is 4.79 Å². The Kier molecular flexibility index (Phi) is 6.86. The minimum atomic E-state index is -0.982. The molecule has 2 aromatic rings. The minimum Gasteiger partial charge on any atom is -0.491 e. The molecule has 0 saturated carbocycles. The lowest BCUT2D eigenvalue weighted by Crippen LogP contribution is -2.12. The molecule has 1 aromatic carbocycles. The molecule has 0 radical (unpaired) electrons. The van der Waals surface area contributed by atoms with E-state index in [1.54, 1.807) is 31.4 Å². The van der Waals surface area contributed by atoms with E-state index in [2.05, 4.69) is 4.98 Å². The molecular formula is C16H21NO6. The molecule has 0 aliphatic heterocycles. The van der Waals surface area contributed by atoms with Crippen molar-refractivity contribution in [1.29, 1.82) is 0 Å². The lowest BCUT2D eigenvalue weighted by Gasteiger charge is -2.08. The molecule has 126 valence electrons. The third-order valence-corrected chi connectivity index (χ3v) is 3.12. The van der Waals surface area contributed by atoms with Gasteiger partial charge in [-0.05, 0) is 24.3 Å². The highest BCUT2D eigenvalue weighted by Gasteiger charge is 2.07. The number of H-pyrrole nitrogens is 1. The maximum atomic E-state index is 10.9. The molecule has 0 fully saturated rings. The molecule has 0 amide bonds. The molecule has 2 N–H and O–H groups in total. The Bertz CT molecular complexity index is 624. The lowest BCUT2D eigenvalue weighted by atomic mass is 10.2. The van der Waals surface area contributed by atoms with Gasteiger partial charge in [0, 0.05) is 18.0 Å². The summed E-state index contributed by atoms with van der Waals surface area (Å²) in [6.07, 6.45) is 0. The Morgan fingerprint density at radius 1 is 1.04 bits per heavy atom. The van der Waals surface area contributed by atoms with E-state index in [-0.39, 0.29) is 5.69 Å². The monoisotopic (exact) mass is 323 g/mol. The molecular weight excluding hydrogens is 302 g/mol. The molecule has 0 spiro atoms. The molecule has 0 unspecified atom stereocenters. The van der Waals surface area contributed by atoms with Crippen molar-refractivity contribution < 1.29 is 28.8 Å². The molecule has 0 bridgehead atoms.